The Kier molecular flexibility index (Phi) is 5.81. The first-order valence-corrected chi connectivity index (χ1v) is 11.1. The van der Waals surface area contributed by atoms with Gasteiger partial charge in [-0.25, -0.2) is 0 Å². The van der Waals surface area contributed by atoms with Crippen LogP contribution < -0.4 is 0 Å². The first kappa shape index (κ1) is 18.4. The first-order chi connectivity index (χ1) is 10.8. The van der Waals surface area contributed by atoms with Crippen LogP contribution in [0.5, 0.6) is 0 Å². The topological polar surface area (TPSA) is 18.5 Å². The van der Waals surface area contributed by atoms with Gasteiger partial charge in [0.05, 0.1) is 6.10 Å². The van der Waals surface area contributed by atoms with Gasteiger partial charge in [-0.05, 0) is 29.1 Å². The second kappa shape index (κ2) is 7.28. The second-order valence-corrected chi connectivity index (χ2v) is 13.2. The molecule has 0 radical (unpaired) electrons. The lowest BCUT2D eigenvalue weighted by Crippen LogP contribution is -2.48. The van der Waals surface area contributed by atoms with E-state index in [2.05, 4.69) is 66.0 Å². The van der Waals surface area contributed by atoms with E-state index in [9.17, 15) is 0 Å². The number of rotatable bonds is 5. The van der Waals surface area contributed by atoms with E-state index in [1.165, 1.54) is 0 Å². The van der Waals surface area contributed by atoms with Gasteiger partial charge in [0.25, 0.3) is 8.32 Å². The van der Waals surface area contributed by atoms with Crippen molar-refractivity contribution in [3.05, 3.63) is 24.0 Å². The van der Waals surface area contributed by atoms with Crippen LogP contribution in [-0.2, 0) is 9.16 Å². The summed E-state index contributed by atoms with van der Waals surface area (Å²) in [4.78, 5) is 0. The molecule has 2 bridgehead atoms. The van der Waals surface area contributed by atoms with Crippen molar-refractivity contribution < 1.29 is 9.16 Å². The van der Waals surface area contributed by atoms with Crippen LogP contribution in [0.4, 0.5) is 0 Å². The van der Waals surface area contributed by atoms with E-state index in [0.29, 0.717) is 16.6 Å². The third-order valence-electron chi connectivity index (χ3n) is 5.25. The monoisotopic (exact) mass is 332 g/mol. The zero-order valence-corrected chi connectivity index (χ0v) is 16.6. The summed E-state index contributed by atoms with van der Waals surface area (Å²) in [5.74, 6) is 7.50. The van der Waals surface area contributed by atoms with Crippen LogP contribution in [0.25, 0.3) is 0 Å². The maximum Gasteiger partial charge on any atom is 0.258 e. The largest absolute Gasteiger partial charge is 0.544 e. The van der Waals surface area contributed by atoms with Gasteiger partial charge in [-0.15, -0.1) is 0 Å². The van der Waals surface area contributed by atoms with Gasteiger partial charge < -0.3 is 9.16 Å². The quantitative estimate of drug-likeness (QED) is 0.372. The molecular formula is C20H32O2Si. The van der Waals surface area contributed by atoms with Crippen molar-refractivity contribution in [3.63, 3.8) is 0 Å². The van der Waals surface area contributed by atoms with Gasteiger partial charge in [-0.2, -0.15) is 0 Å². The molecule has 0 spiro atoms. The lowest BCUT2D eigenvalue weighted by Gasteiger charge is -2.43. The fourth-order valence-corrected chi connectivity index (χ4v) is 9.54. The molecule has 2 rings (SSSR count). The maximum atomic E-state index is 6.86. The standard InChI is InChI=1S/C20H32O2Si/c1-14(2)23(15(3)4,16(5)6)22-20-13-18-12-17(7)10-8-9-11-19(20)21-18/h13-16,18-19H,7,10-12H2,1-6H3/t18-,19+/m0/s1. The molecule has 2 aliphatic rings. The third kappa shape index (κ3) is 3.75. The van der Waals surface area contributed by atoms with Crippen LogP contribution >= 0.6 is 0 Å². The normalized spacial score (nSPS) is 24.9. The van der Waals surface area contributed by atoms with E-state index in [-0.39, 0.29) is 12.2 Å². The summed E-state index contributed by atoms with van der Waals surface area (Å²) in [6.45, 7) is 18.0. The summed E-state index contributed by atoms with van der Waals surface area (Å²) in [5, 5.41) is 0. The van der Waals surface area contributed by atoms with Crippen molar-refractivity contribution in [3.8, 4) is 11.8 Å². The molecule has 0 fully saturated rings. The fourth-order valence-electron chi connectivity index (χ4n) is 4.23. The van der Waals surface area contributed by atoms with Gasteiger partial charge in [-0.1, -0.05) is 65.5 Å². The Morgan fingerprint density at radius 3 is 2.30 bits per heavy atom. The van der Waals surface area contributed by atoms with Gasteiger partial charge >= 0.3 is 0 Å². The summed E-state index contributed by atoms with van der Waals surface area (Å²) < 4.78 is 13.1. The Hall–Kier alpha value is -0.983. The van der Waals surface area contributed by atoms with Crippen LogP contribution in [-0.4, -0.2) is 20.5 Å². The van der Waals surface area contributed by atoms with Gasteiger partial charge in [0.15, 0.2) is 0 Å². The second-order valence-electron chi connectivity index (χ2n) is 7.84. The minimum absolute atomic E-state index is 0.00141. The molecule has 2 aliphatic heterocycles. The molecule has 3 heteroatoms. The molecular weight excluding hydrogens is 300 g/mol. The zero-order valence-electron chi connectivity index (χ0n) is 15.6. The number of hydrogen-bond donors (Lipinski definition) is 0. The molecule has 0 aromatic rings. The molecule has 2 atom stereocenters. The van der Waals surface area contributed by atoms with Crippen molar-refractivity contribution >= 4 is 8.32 Å². The molecule has 0 aliphatic carbocycles. The average Bonchev–Trinajstić information content (AvgIpc) is 2.84. The molecule has 0 N–H and O–H groups in total. The average molecular weight is 333 g/mol. The van der Waals surface area contributed by atoms with E-state index >= 15 is 0 Å². The molecule has 0 amide bonds. The van der Waals surface area contributed by atoms with Crippen LogP contribution in [0.3, 0.4) is 0 Å². The highest BCUT2D eigenvalue weighted by Crippen LogP contribution is 2.45. The Labute approximate surface area is 143 Å². The number of fused-ring (bicyclic) bond motifs is 2. The van der Waals surface area contributed by atoms with Crippen LogP contribution in [0.1, 0.15) is 60.8 Å². The van der Waals surface area contributed by atoms with Crippen molar-refractivity contribution in [1.29, 1.82) is 0 Å². The first-order valence-electron chi connectivity index (χ1n) is 8.95. The van der Waals surface area contributed by atoms with Crippen molar-refractivity contribution in [2.24, 2.45) is 0 Å². The summed E-state index contributed by atoms with van der Waals surface area (Å²) >= 11 is 0. The molecule has 0 saturated heterocycles. The van der Waals surface area contributed by atoms with Gasteiger partial charge in [-0.3, -0.25) is 0 Å². The zero-order chi connectivity index (χ0) is 17.2. The van der Waals surface area contributed by atoms with Gasteiger partial charge in [0.1, 0.15) is 11.9 Å². The highest BCUT2D eigenvalue weighted by molar-refractivity contribution is 6.77. The lowest BCUT2D eigenvalue weighted by molar-refractivity contribution is 0.0452. The van der Waals surface area contributed by atoms with E-state index < -0.39 is 8.32 Å². The molecule has 0 aromatic carbocycles. The fraction of sp³-hybridized carbons (Fsp3) is 0.700. The highest BCUT2D eigenvalue weighted by atomic mass is 28.4. The Morgan fingerprint density at radius 1 is 1.13 bits per heavy atom. The van der Waals surface area contributed by atoms with E-state index in [1.807, 2.05) is 0 Å². The van der Waals surface area contributed by atoms with E-state index in [0.717, 1.165) is 30.6 Å². The summed E-state index contributed by atoms with van der Waals surface area (Å²) in [5.41, 5.74) is 2.85. The summed E-state index contributed by atoms with van der Waals surface area (Å²) in [7, 11) is -1.93. The van der Waals surface area contributed by atoms with Gasteiger partial charge in [0.2, 0.25) is 0 Å². The summed E-state index contributed by atoms with van der Waals surface area (Å²) in [6, 6.07) is 0. The SMILES string of the molecule is C=C1CC#CC[C@H]2O[C@H](C=C2O[Si](C(C)C)(C(C)C)C(C)C)C1. The minimum Gasteiger partial charge on any atom is -0.544 e. The van der Waals surface area contributed by atoms with Crippen molar-refractivity contribution in [2.45, 2.75) is 89.6 Å². The van der Waals surface area contributed by atoms with Crippen molar-refractivity contribution in [2.75, 3.05) is 0 Å². The highest BCUT2D eigenvalue weighted by Gasteiger charge is 2.48. The Balaban J connectivity index is 2.30. The smallest absolute Gasteiger partial charge is 0.258 e. The van der Waals surface area contributed by atoms with Crippen LogP contribution in [0.2, 0.25) is 16.6 Å². The predicted octanol–water partition coefficient (Wildman–Crippen LogP) is 5.57. The van der Waals surface area contributed by atoms with Gasteiger partial charge in [0, 0.05) is 12.8 Å². The molecule has 2 nitrogen and oxygen atoms in total. The molecule has 0 saturated carbocycles. The Bertz CT molecular complexity index is 512. The molecule has 0 aromatic heterocycles. The van der Waals surface area contributed by atoms with Crippen LogP contribution in [0, 0.1) is 11.8 Å². The molecule has 128 valence electrons. The molecule has 2 heterocycles. The van der Waals surface area contributed by atoms with Crippen LogP contribution in [0.15, 0.2) is 24.0 Å². The van der Waals surface area contributed by atoms with Crippen molar-refractivity contribution in [1.82, 2.24) is 0 Å². The maximum absolute atomic E-state index is 6.86. The minimum atomic E-state index is -1.93. The summed E-state index contributed by atoms with van der Waals surface area (Å²) in [6.07, 6.45) is 4.69. The molecule has 23 heavy (non-hydrogen) atoms. The molecule has 0 unspecified atom stereocenters. The lowest BCUT2D eigenvalue weighted by atomic mass is 10.1. The van der Waals surface area contributed by atoms with E-state index in [4.69, 9.17) is 9.16 Å². The predicted molar refractivity (Wildman–Crippen MR) is 99.6 cm³/mol. The van der Waals surface area contributed by atoms with E-state index in [1.54, 1.807) is 0 Å². The third-order valence-corrected chi connectivity index (χ3v) is 11.3. The number of hydrogen-bond acceptors (Lipinski definition) is 2. The Morgan fingerprint density at radius 2 is 1.74 bits per heavy atom. The number of ether oxygens (including phenoxy) is 1.